The van der Waals surface area contributed by atoms with Crippen molar-refractivity contribution >= 4 is 5.91 Å². The topological polar surface area (TPSA) is 307 Å². The zero-order valence-corrected chi connectivity index (χ0v) is 45.7. The predicted molar refractivity (Wildman–Crippen MR) is 286 cm³/mol. The summed E-state index contributed by atoms with van der Waals surface area (Å²) < 4.78 is 34.0. The summed E-state index contributed by atoms with van der Waals surface area (Å²) in [7, 11) is 0. The number of aliphatic hydroxyl groups is 11. The summed E-state index contributed by atoms with van der Waals surface area (Å²) in [6.45, 7) is 1.51. The minimum atomic E-state index is -1.98. The zero-order valence-electron chi connectivity index (χ0n) is 45.7. The number of amides is 1. The summed E-state index contributed by atoms with van der Waals surface area (Å²) >= 11 is 0. The standard InChI is InChI=1S/C57H101NO18/c1-3-5-7-9-10-11-12-13-14-15-16-17-18-19-20-21-22-23-24-25-26-27-28-29-30-31-33-35-45(63)58-40(41(62)34-32-8-6-4-2)39-71-55-51(69)48(66)53(43(37-60)73-55)76-57-52(70)49(67)54(44(38-61)74-57)75-56-50(68)47(65)46(64)42(36-59)72-56/h12-13,15-16,18-19,32,34,40-44,46-57,59-62,64-70H,3-11,14,17,20-31,33,35-39H2,1-2H3,(H,58,63)/b13-12-,16-15-,19-18-,34-32+. The highest BCUT2D eigenvalue weighted by Crippen LogP contribution is 2.33. The van der Waals surface area contributed by atoms with Crippen molar-refractivity contribution in [3.63, 3.8) is 0 Å². The predicted octanol–water partition coefficient (Wildman–Crippen LogP) is 4.31. The van der Waals surface area contributed by atoms with Gasteiger partial charge >= 0.3 is 0 Å². The van der Waals surface area contributed by atoms with Crippen molar-refractivity contribution in [2.24, 2.45) is 0 Å². The molecule has 0 aliphatic carbocycles. The Bertz CT molecular complexity index is 1580. The van der Waals surface area contributed by atoms with Crippen LogP contribution in [0.2, 0.25) is 0 Å². The van der Waals surface area contributed by atoms with Crippen LogP contribution in [0.25, 0.3) is 0 Å². The van der Waals surface area contributed by atoms with Gasteiger partial charge in [0, 0.05) is 6.42 Å². The molecule has 17 atom stereocenters. The second-order valence-corrected chi connectivity index (χ2v) is 20.8. The molecule has 0 aromatic rings. The van der Waals surface area contributed by atoms with E-state index in [9.17, 15) is 61.0 Å². The molecular formula is C57H101NO18. The highest BCUT2D eigenvalue weighted by molar-refractivity contribution is 5.76. The Hall–Kier alpha value is -2.25. The van der Waals surface area contributed by atoms with Crippen LogP contribution in [0.15, 0.2) is 48.6 Å². The molecule has 12 N–H and O–H groups in total. The first-order chi connectivity index (χ1) is 36.8. The van der Waals surface area contributed by atoms with Crippen molar-refractivity contribution in [2.45, 2.75) is 279 Å². The molecule has 3 saturated heterocycles. The van der Waals surface area contributed by atoms with E-state index in [-0.39, 0.29) is 18.9 Å². The summed E-state index contributed by atoms with van der Waals surface area (Å²) in [4.78, 5) is 13.2. The molecule has 19 nitrogen and oxygen atoms in total. The Morgan fingerprint density at radius 2 is 0.882 bits per heavy atom. The molecule has 3 aliphatic heterocycles. The van der Waals surface area contributed by atoms with Crippen LogP contribution in [0, 0.1) is 0 Å². The average molecular weight is 1090 g/mol. The van der Waals surface area contributed by atoms with Gasteiger partial charge in [0.15, 0.2) is 18.9 Å². The second-order valence-electron chi connectivity index (χ2n) is 20.8. The summed E-state index contributed by atoms with van der Waals surface area (Å²) in [5, 5.41) is 119. The van der Waals surface area contributed by atoms with Crippen molar-refractivity contribution in [3.8, 4) is 0 Å². The molecular weight excluding hydrogens is 987 g/mol. The smallest absolute Gasteiger partial charge is 0.220 e. The van der Waals surface area contributed by atoms with Crippen molar-refractivity contribution in [1.82, 2.24) is 5.32 Å². The number of carbonyl (C=O) groups is 1. The molecule has 3 heterocycles. The van der Waals surface area contributed by atoms with E-state index in [0.29, 0.717) is 12.8 Å². The monoisotopic (exact) mass is 1090 g/mol. The van der Waals surface area contributed by atoms with Gasteiger partial charge in [-0.3, -0.25) is 4.79 Å². The summed E-state index contributed by atoms with van der Waals surface area (Å²) in [5.74, 6) is -0.290. The van der Waals surface area contributed by atoms with E-state index < -0.39 is 124 Å². The lowest BCUT2D eigenvalue weighted by Gasteiger charge is -2.48. The molecule has 0 aromatic heterocycles. The molecule has 3 fully saturated rings. The Kier molecular flexibility index (Phi) is 36.6. The van der Waals surface area contributed by atoms with Crippen molar-refractivity contribution < 1.29 is 89.4 Å². The van der Waals surface area contributed by atoms with Gasteiger partial charge in [-0.1, -0.05) is 165 Å². The number of ether oxygens (including phenoxy) is 6. The lowest BCUT2D eigenvalue weighted by atomic mass is 9.96. The number of hydrogen-bond acceptors (Lipinski definition) is 18. The van der Waals surface area contributed by atoms with Crippen LogP contribution in [-0.4, -0.2) is 193 Å². The van der Waals surface area contributed by atoms with Gasteiger partial charge in [0.05, 0.1) is 38.6 Å². The van der Waals surface area contributed by atoms with Crippen LogP contribution in [0.4, 0.5) is 0 Å². The Morgan fingerprint density at radius 3 is 1.38 bits per heavy atom. The van der Waals surface area contributed by atoms with E-state index in [4.69, 9.17) is 28.4 Å². The number of nitrogens with one attached hydrogen (secondary N) is 1. The minimum Gasteiger partial charge on any atom is -0.394 e. The third kappa shape index (κ3) is 25.0. The van der Waals surface area contributed by atoms with Crippen LogP contribution in [0.3, 0.4) is 0 Å². The van der Waals surface area contributed by atoms with Gasteiger partial charge in [-0.2, -0.15) is 0 Å². The fourth-order valence-electron chi connectivity index (χ4n) is 9.53. The molecule has 0 radical (unpaired) electrons. The van der Waals surface area contributed by atoms with Gasteiger partial charge in [-0.25, -0.2) is 0 Å². The number of rotatable bonds is 41. The largest absolute Gasteiger partial charge is 0.394 e. The lowest BCUT2D eigenvalue weighted by Crippen LogP contribution is -2.66. The summed E-state index contributed by atoms with van der Waals surface area (Å²) in [5.41, 5.74) is 0. The van der Waals surface area contributed by atoms with E-state index in [2.05, 4.69) is 48.7 Å². The molecule has 0 bridgehead atoms. The maximum Gasteiger partial charge on any atom is 0.220 e. The van der Waals surface area contributed by atoms with Crippen LogP contribution in [-0.2, 0) is 33.2 Å². The van der Waals surface area contributed by atoms with Crippen LogP contribution in [0.1, 0.15) is 174 Å². The molecule has 17 unspecified atom stereocenters. The molecule has 76 heavy (non-hydrogen) atoms. The van der Waals surface area contributed by atoms with Crippen LogP contribution >= 0.6 is 0 Å². The second kappa shape index (κ2) is 40.9. The van der Waals surface area contributed by atoms with Crippen molar-refractivity contribution in [2.75, 3.05) is 26.4 Å². The number of hydrogen-bond donors (Lipinski definition) is 12. The minimum absolute atomic E-state index is 0.237. The lowest BCUT2D eigenvalue weighted by molar-refractivity contribution is -0.379. The first-order valence-corrected chi connectivity index (χ1v) is 28.9. The molecule has 3 rings (SSSR count). The molecule has 19 heteroatoms. The number of aliphatic hydroxyl groups excluding tert-OH is 11. The van der Waals surface area contributed by atoms with Gasteiger partial charge in [0.1, 0.15) is 73.2 Å². The molecule has 0 spiro atoms. The Labute approximate surface area is 453 Å². The normalized spacial score (nSPS) is 31.3. The fraction of sp³-hybridized carbons (Fsp3) is 0.842. The van der Waals surface area contributed by atoms with E-state index in [1.165, 1.54) is 89.9 Å². The molecule has 3 aliphatic rings. The summed E-state index contributed by atoms with van der Waals surface area (Å²) in [6.07, 6.45) is 17.8. The number of carbonyl (C=O) groups excluding carboxylic acids is 1. The van der Waals surface area contributed by atoms with Crippen molar-refractivity contribution in [1.29, 1.82) is 0 Å². The quantitative estimate of drug-likeness (QED) is 0.0300. The molecule has 0 aromatic carbocycles. The molecule has 1 amide bonds. The first-order valence-electron chi connectivity index (χ1n) is 28.9. The average Bonchev–Trinajstić information content (AvgIpc) is 3.42. The third-order valence-electron chi connectivity index (χ3n) is 14.4. The first kappa shape index (κ1) is 68.0. The summed E-state index contributed by atoms with van der Waals surface area (Å²) in [6, 6.07) is -0.970. The fourth-order valence-corrected chi connectivity index (χ4v) is 9.53. The molecule has 0 saturated carbocycles. The van der Waals surface area contributed by atoms with E-state index in [1.807, 2.05) is 13.0 Å². The van der Waals surface area contributed by atoms with Gasteiger partial charge in [0.2, 0.25) is 5.91 Å². The van der Waals surface area contributed by atoms with Gasteiger partial charge < -0.3 is 89.9 Å². The zero-order chi connectivity index (χ0) is 55.5. The van der Waals surface area contributed by atoms with Gasteiger partial charge in [-0.15, -0.1) is 0 Å². The third-order valence-corrected chi connectivity index (χ3v) is 14.4. The maximum absolute atomic E-state index is 13.2. The molecule has 442 valence electrons. The van der Waals surface area contributed by atoms with Crippen LogP contribution < -0.4 is 5.32 Å². The van der Waals surface area contributed by atoms with Crippen molar-refractivity contribution in [3.05, 3.63) is 48.6 Å². The highest BCUT2D eigenvalue weighted by atomic mass is 16.8. The Balaban J connectivity index is 1.35. The van der Waals surface area contributed by atoms with E-state index in [0.717, 1.165) is 51.4 Å². The number of unbranched alkanes of at least 4 members (excludes halogenated alkanes) is 19. The SMILES string of the molecule is CCCC/C=C/C(O)C(COC1OC(CO)C(OC2OC(CO)C(OC3OC(CO)C(O)C(O)C3O)C(O)C2O)C(O)C1O)NC(=O)CCCCCCCCCCCCCC/C=C\C/C=C\C/C=C\CCCCCCC. The van der Waals surface area contributed by atoms with Crippen LogP contribution in [0.5, 0.6) is 0 Å². The highest BCUT2D eigenvalue weighted by Gasteiger charge is 2.53. The van der Waals surface area contributed by atoms with Gasteiger partial charge in [-0.05, 0) is 51.4 Å². The van der Waals surface area contributed by atoms with E-state index in [1.54, 1.807) is 6.08 Å². The Morgan fingerprint density at radius 1 is 0.474 bits per heavy atom. The van der Waals surface area contributed by atoms with Gasteiger partial charge in [0.25, 0.3) is 0 Å². The van der Waals surface area contributed by atoms with E-state index >= 15 is 0 Å². The number of allylic oxidation sites excluding steroid dienone is 7. The maximum atomic E-state index is 13.2.